The van der Waals surface area contributed by atoms with Gasteiger partial charge in [0.1, 0.15) is 10.7 Å². The second kappa shape index (κ2) is 7.76. The molecule has 1 N–H and O–H groups in total. The Morgan fingerprint density at radius 2 is 1.90 bits per heavy atom. The number of hydrogen-bond donors (Lipinski definition) is 1. The number of hydrogen-bond acceptors (Lipinski definition) is 7. The van der Waals surface area contributed by atoms with Gasteiger partial charge in [-0.25, -0.2) is 9.97 Å². The first-order valence-electron chi connectivity index (χ1n) is 8.90. The highest BCUT2D eigenvalue weighted by atomic mass is 32.1. The van der Waals surface area contributed by atoms with E-state index in [1.165, 1.54) is 12.1 Å². The second-order valence-corrected chi connectivity index (χ2v) is 7.46. The molecule has 0 aliphatic heterocycles. The van der Waals surface area contributed by atoms with Crippen molar-refractivity contribution in [2.75, 3.05) is 5.43 Å². The fourth-order valence-corrected chi connectivity index (χ4v) is 3.99. The van der Waals surface area contributed by atoms with Gasteiger partial charge >= 0.3 is 0 Å². The number of aryl methyl sites for hydroxylation is 1. The lowest BCUT2D eigenvalue weighted by Gasteiger charge is -2.05. The highest BCUT2D eigenvalue weighted by molar-refractivity contribution is 7.21. The molecule has 0 aliphatic carbocycles. The summed E-state index contributed by atoms with van der Waals surface area (Å²) >= 11 is 1.60. The Bertz CT molecular complexity index is 1230. The number of nitrogens with zero attached hydrogens (tertiary/aromatic N) is 4. The van der Waals surface area contributed by atoms with Crippen LogP contribution >= 0.6 is 11.3 Å². The van der Waals surface area contributed by atoms with Gasteiger partial charge in [0, 0.05) is 22.6 Å². The van der Waals surface area contributed by atoms with Gasteiger partial charge in [-0.3, -0.25) is 15.5 Å². The molecule has 0 saturated carbocycles. The van der Waals surface area contributed by atoms with E-state index in [0.29, 0.717) is 22.9 Å². The second-order valence-electron chi connectivity index (χ2n) is 6.43. The number of rotatable bonds is 5. The molecule has 29 heavy (non-hydrogen) atoms. The van der Waals surface area contributed by atoms with E-state index in [-0.39, 0.29) is 5.69 Å². The summed E-state index contributed by atoms with van der Waals surface area (Å²) in [6.45, 7) is 3.63. The highest BCUT2D eigenvalue weighted by Gasteiger charge is 2.12. The molecule has 2 aromatic carbocycles. The van der Waals surface area contributed by atoms with Crippen LogP contribution in [0.5, 0.6) is 0 Å². The fourth-order valence-electron chi connectivity index (χ4n) is 2.90. The quantitative estimate of drug-likeness (QED) is 0.273. The molecule has 0 saturated heterocycles. The number of non-ortho nitro benzene ring substituents is 1. The van der Waals surface area contributed by atoms with Gasteiger partial charge < -0.3 is 0 Å². The van der Waals surface area contributed by atoms with Crippen molar-refractivity contribution in [3.05, 3.63) is 82.2 Å². The van der Waals surface area contributed by atoms with Crippen LogP contribution in [0, 0.1) is 17.0 Å². The van der Waals surface area contributed by atoms with Crippen LogP contribution in [0.1, 0.15) is 18.3 Å². The van der Waals surface area contributed by atoms with E-state index >= 15 is 0 Å². The number of aromatic nitrogens is 2. The molecule has 0 amide bonds. The Balaban J connectivity index is 1.69. The number of anilines is 1. The van der Waals surface area contributed by atoms with Gasteiger partial charge in [0.25, 0.3) is 5.69 Å². The summed E-state index contributed by atoms with van der Waals surface area (Å²) in [5, 5.41) is 16.3. The van der Waals surface area contributed by atoms with Crippen LogP contribution < -0.4 is 5.43 Å². The summed E-state index contributed by atoms with van der Waals surface area (Å²) in [7, 11) is 0. The fraction of sp³-hybridized carbons (Fsp3) is 0.0952. The van der Waals surface area contributed by atoms with Crippen LogP contribution in [-0.4, -0.2) is 20.6 Å². The molecule has 144 valence electrons. The van der Waals surface area contributed by atoms with Gasteiger partial charge in [-0.2, -0.15) is 5.10 Å². The Labute approximate surface area is 170 Å². The third-order valence-electron chi connectivity index (χ3n) is 4.37. The van der Waals surface area contributed by atoms with Crippen molar-refractivity contribution in [1.82, 2.24) is 9.97 Å². The summed E-state index contributed by atoms with van der Waals surface area (Å²) in [5.41, 5.74) is 5.46. The average molecular weight is 403 g/mol. The zero-order valence-corrected chi connectivity index (χ0v) is 16.6. The lowest BCUT2D eigenvalue weighted by Crippen LogP contribution is -2.03. The minimum Gasteiger partial charge on any atom is -0.260 e. The van der Waals surface area contributed by atoms with Crippen molar-refractivity contribution in [1.29, 1.82) is 0 Å². The minimum absolute atomic E-state index is 0.0302. The molecule has 0 aliphatic rings. The first-order valence-corrected chi connectivity index (χ1v) is 9.71. The number of nitro benzene ring substituents is 1. The lowest BCUT2D eigenvalue weighted by atomic mass is 10.1. The van der Waals surface area contributed by atoms with Crippen LogP contribution in [0.25, 0.3) is 20.7 Å². The molecule has 0 radical (unpaired) electrons. The van der Waals surface area contributed by atoms with Gasteiger partial charge in [0.05, 0.1) is 16.0 Å². The molecule has 7 nitrogen and oxygen atoms in total. The molecule has 4 rings (SSSR count). The topological polar surface area (TPSA) is 93.3 Å². The monoisotopic (exact) mass is 403 g/mol. The number of benzene rings is 2. The molecule has 0 spiro atoms. The first kappa shape index (κ1) is 18.7. The average Bonchev–Trinajstić information content (AvgIpc) is 3.16. The largest absolute Gasteiger partial charge is 0.270 e. The lowest BCUT2D eigenvalue weighted by molar-refractivity contribution is -0.384. The maximum atomic E-state index is 11.0. The van der Waals surface area contributed by atoms with Crippen LogP contribution in [0.4, 0.5) is 11.5 Å². The van der Waals surface area contributed by atoms with E-state index in [0.717, 1.165) is 20.7 Å². The Morgan fingerprint density at radius 3 is 2.66 bits per heavy atom. The van der Waals surface area contributed by atoms with Crippen molar-refractivity contribution in [2.45, 2.75) is 13.8 Å². The van der Waals surface area contributed by atoms with Crippen LogP contribution in [-0.2, 0) is 0 Å². The van der Waals surface area contributed by atoms with E-state index in [2.05, 4.69) is 38.7 Å². The number of hydrazone groups is 1. The Hall–Kier alpha value is -3.65. The maximum absolute atomic E-state index is 11.0. The third-order valence-corrected chi connectivity index (χ3v) is 5.45. The SMILES string of the molecule is C/C(=N/Nc1nc(C)nc2sc(-c3ccccc3)cc12)c1cccc([N+](=O)[O-])c1. The van der Waals surface area contributed by atoms with E-state index in [4.69, 9.17) is 0 Å². The molecule has 8 heteroatoms. The van der Waals surface area contributed by atoms with Crippen LogP contribution in [0.15, 0.2) is 65.8 Å². The molecule has 0 fully saturated rings. The number of thiophene rings is 1. The van der Waals surface area contributed by atoms with E-state index in [1.54, 1.807) is 30.4 Å². The summed E-state index contributed by atoms with van der Waals surface area (Å²) in [4.78, 5) is 21.6. The van der Waals surface area contributed by atoms with Crippen molar-refractivity contribution in [3.8, 4) is 10.4 Å². The predicted octanol–water partition coefficient (Wildman–Crippen LogP) is 5.41. The summed E-state index contributed by atoms with van der Waals surface area (Å²) in [5.74, 6) is 1.25. The molecule has 2 aromatic heterocycles. The Kier molecular flexibility index (Phi) is 5.01. The van der Waals surface area contributed by atoms with Crippen molar-refractivity contribution < 1.29 is 4.92 Å². The van der Waals surface area contributed by atoms with Crippen molar-refractivity contribution in [2.24, 2.45) is 5.10 Å². The molecule has 4 aromatic rings. The van der Waals surface area contributed by atoms with E-state index < -0.39 is 4.92 Å². The molecule has 0 atom stereocenters. The van der Waals surface area contributed by atoms with Crippen molar-refractivity contribution in [3.63, 3.8) is 0 Å². The third kappa shape index (κ3) is 3.97. The highest BCUT2D eigenvalue weighted by Crippen LogP contribution is 2.35. The zero-order chi connectivity index (χ0) is 20.4. The molecule has 0 unspecified atom stereocenters. The predicted molar refractivity (Wildman–Crippen MR) is 117 cm³/mol. The zero-order valence-electron chi connectivity index (χ0n) is 15.8. The molecule has 2 heterocycles. The summed E-state index contributed by atoms with van der Waals surface area (Å²) in [6.07, 6.45) is 0. The van der Waals surface area contributed by atoms with E-state index in [9.17, 15) is 10.1 Å². The van der Waals surface area contributed by atoms with Gasteiger partial charge in [-0.05, 0) is 25.5 Å². The molecule has 0 bridgehead atoms. The molecular formula is C21H17N5O2S. The Morgan fingerprint density at radius 1 is 1.10 bits per heavy atom. The van der Waals surface area contributed by atoms with E-state index in [1.807, 2.05) is 25.1 Å². The molecular weight excluding hydrogens is 386 g/mol. The number of nitrogens with one attached hydrogen (secondary N) is 1. The maximum Gasteiger partial charge on any atom is 0.270 e. The normalized spacial score (nSPS) is 11.6. The smallest absolute Gasteiger partial charge is 0.260 e. The van der Waals surface area contributed by atoms with Crippen LogP contribution in [0.3, 0.4) is 0 Å². The van der Waals surface area contributed by atoms with Gasteiger partial charge in [0.15, 0.2) is 5.82 Å². The summed E-state index contributed by atoms with van der Waals surface area (Å²) in [6, 6.07) is 18.5. The van der Waals surface area contributed by atoms with Crippen LogP contribution in [0.2, 0.25) is 0 Å². The van der Waals surface area contributed by atoms with Crippen molar-refractivity contribution >= 4 is 38.8 Å². The van der Waals surface area contributed by atoms with Gasteiger partial charge in [-0.15, -0.1) is 11.3 Å². The number of fused-ring (bicyclic) bond motifs is 1. The standard InChI is InChI=1S/C21H17N5O2S/c1-13(16-9-6-10-17(11-16)26(27)28)24-25-20-18-12-19(15-7-4-3-5-8-15)29-21(18)23-14(2)22-20/h3-12H,1-2H3,(H,22,23,25)/b24-13-. The number of nitro groups is 1. The minimum atomic E-state index is -0.419. The first-order chi connectivity index (χ1) is 14.0. The van der Waals surface area contributed by atoms with Gasteiger partial charge in [-0.1, -0.05) is 42.5 Å². The van der Waals surface area contributed by atoms with Gasteiger partial charge in [0.2, 0.25) is 0 Å². The summed E-state index contributed by atoms with van der Waals surface area (Å²) < 4.78 is 0.